The second kappa shape index (κ2) is 17.3. The van der Waals surface area contributed by atoms with E-state index in [0.29, 0.717) is 52.2 Å². The lowest BCUT2D eigenvalue weighted by Crippen LogP contribution is -2.39. The van der Waals surface area contributed by atoms with Crippen LogP contribution in [0.5, 0.6) is 0 Å². The van der Waals surface area contributed by atoms with Gasteiger partial charge < -0.3 is 31.2 Å². The summed E-state index contributed by atoms with van der Waals surface area (Å²) in [7, 11) is 1.69. The molecule has 27 heavy (non-hydrogen) atoms. The van der Waals surface area contributed by atoms with Crippen LogP contribution in [0.1, 0.15) is 32.1 Å². The number of ether oxygens (including phenoxy) is 2. The smallest absolute Gasteiger partial charge is 0.245 e. The van der Waals surface area contributed by atoms with E-state index in [1.807, 2.05) is 0 Å². The predicted molar refractivity (Wildman–Crippen MR) is 102 cm³/mol. The molecular weight excluding hydrogens is 352 g/mol. The average molecular weight is 384 g/mol. The molecule has 5 N–H and O–H groups in total. The number of rotatable bonds is 17. The maximum absolute atomic E-state index is 11.6. The Labute approximate surface area is 161 Å². The van der Waals surface area contributed by atoms with Crippen LogP contribution in [-0.2, 0) is 23.9 Å². The number of amides is 3. The highest BCUT2D eigenvalue weighted by atomic mass is 16.5. The van der Waals surface area contributed by atoms with Gasteiger partial charge >= 0.3 is 0 Å². The molecule has 0 rings (SSSR count). The monoisotopic (exact) mass is 384 g/mol. The molecule has 0 fully saturated rings. The van der Waals surface area contributed by atoms with E-state index in [4.69, 9.17) is 21.6 Å². The fourth-order valence-corrected chi connectivity index (χ4v) is 2.10. The zero-order chi connectivity index (χ0) is 20.3. The van der Waals surface area contributed by atoms with E-state index in [1.165, 1.54) is 0 Å². The second-order valence-corrected chi connectivity index (χ2v) is 5.81. The minimum atomic E-state index is -0.372. The van der Waals surface area contributed by atoms with Crippen LogP contribution in [0.4, 0.5) is 0 Å². The van der Waals surface area contributed by atoms with Crippen LogP contribution < -0.4 is 21.7 Å². The normalized spacial score (nSPS) is 11.4. The lowest BCUT2D eigenvalue weighted by Gasteiger charge is -2.12. The third kappa shape index (κ3) is 15.8. The molecule has 0 heterocycles. The number of hydrogen-bond acceptors (Lipinski definition) is 6. The quantitative estimate of drug-likeness (QED) is 0.186. The first kappa shape index (κ1) is 24.8. The van der Waals surface area contributed by atoms with Crippen molar-refractivity contribution in [3.8, 4) is 12.3 Å². The zero-order valence-electron chi connectivity index (χ0n) is 16.1. The molecule has 0 spiro atoms. The molecule has 0 bridgehead atoms. The highest BCUT2D eigenvalue weighted by Crippen LogP contribution is 1.99. The molecular formula is C18H32N4O5. The highest BCUT2D eigenvalue weighted by molar-refractivity contribution is 5.79. The maximum atomic E-state index is 11.6. The van der Waals surface area contributed by atoms with Gasteiger partial charge in [0.2, 0.25) is 17.7 Å². The summed E-state index contributed by atoms with van der Waals surface area (Å²) in [5, 5.41) is 8.27. The average Bonchev–Trinajstić information content (AvgIpc) is 2.64. The van der Waals surface area contributed by atoms with E-state index in [9.17, 15) is 14.4 Å². The van der Waals surface area contributed by atoms with Crippen LogP contribution in [0.25, 0.3) is 0 Å². The number of nitrogens with one attached hydrogen (secondary N) is 3. The standard InChI is InChI=1S/C18H32N4O5/c1-3-4-8-16(23)22-10-11-26-12-13-27-14-17(24)21-9-6-5-7-15(20-2)18(19)25/h1,15,20H,4-14H2,2H3,(H2,19,25)(H,21,24)(H,22,23)/t15-/m0/s1. The van der Waals surface area contributed by atoms with Gasteiger partial charge in [-0.3, -0.25) is 14.4 Å². The van der Waals surface area contributed by atoms with Crippen LogP contribution in [0.2, 0.25) is 0 Å². The number of unbranched alkanes of at least 4 members (excludes halogenated alkanes) is 1. The number of carbonyl (C=O) groups excluding carboxylic acids is 3. The van der Waals surface area contributed by atoms with Crippen molar-refractivity contribution in [3.63, 3.8) is 0 Å². The Hall–Kier alpha value is -2.15. The van der Waals surface area contributed by atoms with Crippen LogP contribution in [-0.4, -0.2) is 70.3 Å². The fraction of sp³-hybridized carbons (Fsp3) is 0.722. The molecule has 0 unspecified atom stereocenters. The molecule has 0 aromatic rings. The Kier molecular flexibility index (Phi) is 15.9. The molecule has 0 aliphatic heterocycles. The van der Waals surface area contributed by atoms with Gasteiger partial charge in [-0.25, -0.2) is 0 Å². The number of primary amides is 1. The molecule has 1 atom stereocenters. The molecule has 0 aliphatic rings. The molecule has 0 saturated heterocycles. The lowest BCUT2D eigenvalue weighted by atomic mass is 10.1. The van der Waals surface area contributed by atoms with Crippen molar-refractivity contribution < 1.29 is 23.9 Å². The van der Waals surface area contributed by atoms with E-state index in [-0.39, 0.29) is 30.4 Å². The Bertz CT molecular complexity index is 479. The Balaban J connectivity index is 3.41. The van der Waals surface area contributed by atoms with Crippen LogP contribution >= 0.6 is 0 Å². The SMILES string of the molecule is C#CCCC(=O)NCCOCCOCC(=O)NCCCC[C@H](NC)C(N)=O. The van der Waals surface area contributed by atoms with Gasteiger partial charge in [0.1, 0.15) is 6.61 Å². The molecule has 0 aromatic heterocycles. The summed E-state index contributed by atoms with van der Waals surface area (Å²) >= 11 is 0. The first-order valence-electron chi connectivity index (χ1n) is 9.10. The first-order chi connectivity index (χ1) is 13.0. The highest BCUT2D eigenvalue weighted by Gasteiger charge is 2.11. The first-order valence-corrected chi connectivity index (χ1v) is 9.10. The Morgan fingerprint density at radius 2 is 1.74 bits per heavy atom. The summed E-state index contributed by atoms with van der Waals surface area (Å²) in [6, 6.07) is -0.333. The van der Waals surface area contributed by atoms with Gasteiger partial charge in [0.15, 0.2) is 0 Å². The van der Waals surface area contributed by atoms with Gasteiger partial charge in [0.05, 0.1) is 25.9 Å². The van der Waals surface area contributed by atoms with Crippen molar-refractivity contribution in [2.45, 2.75) is 38.1 Å². The number of likely N-dealkylation sites (N-methyl/N-ethyl adjacent to an activating group) is 1. The fourth-order valence-electron chi connectivity index (χ4n) is 2.10. The van der Waals surface area contributed by atoms with Crippen LogP contribution in [0, 0.1) is 12.3 Å². The summed E-state index contributed by atoms with van der Waals surface area (Å²) in [5.41, 5.74) is 5.22. The van der Waals surface area contributed by atoms with Gasteiger partial charge in [-0.2, -0.15) is 0 Å². The zero-order valence-corrected chi connectivity index (χ0v) is 16.1. The van der Waals surface area contributed by atoms with Gasteiger partial charge in [-0.05, 0) is 26.3 Å². The minimum absolute atomic E-state index is 0.0351. The maximum Gasteiger partial charge on any atom is 0.245 e. The van der Waals surface area contributed by atoms with Gasteiger partial charge in [-0.15, -0.1) is 12.3 Å². The largest absolute Gasteiger partial charge is 0.377 e. The van der Waals surface area contributed by atoms with Gasteiger partial charge in [0.25, 0.3) is 0 Å². The molecule has 3 amide bonds. The van der Waals surface area contributed by atoms with Crippen molar-refractivity contribution in [3.05, 3.63) is 0 Å². The minimum Gasteiger partial charge on any atom is -0.377 e. The summed E-state index contributed by atoms with van der Waals surface area (Å²) in [6.07, 6.45) is 7.99. The summed E-state index contributed by atoms with van der Waals surface area (Å²) in [5.74, 6) is 1.73. The number of terminal acetylenes is 1. The van der Waals surface area contributed by atoms with E-state index < -0.39 is 0 Å². The van der Waals surface area contributed by atoms with E-state index in [1.54, 1.807) is 7.05 Å². The van der Waals surface area contributed by atoms with Crippen molar-refractivity contribution in [1.29, 1.82) is 0 Å². The molecule has 0 aliphatic carbocycles. The number of hydrogen-bond donors (Lipinski definition) is 4. The van der Waals surface area contributed by atoms with Crippen LogP contribution in [0.15, 0.2) is 0 Å². The summed E-state index contributed by atoms with van der Waals surface area (Å²) in [6.45, 7) is 1.90. The molecule has 0 radical (unpaired) electrons. The molecule has 9 nitrogen and oxygen atoms in total. The molecule has 0 aromatic carbocycles. The third-order valence-corrected chi connectivity index (χ3v) is 3.60. The summed E-state index contributed by atoms with van der Waals surface area (Å²) in [4.78, 5) is 33.9. The topological polar surface area (TPSA) is 132 Å². The van der Waals surface area contributed by atoms with E-state index in [0.717, 1.165) is 12.8 Å². The summed E-state index contributed by atoms with van der Waals surface area (Å²) < 4.78 is 10.5. The van der Waals surface area contributed by atoms with Crippen molar-refractivity contribution in [2.75, 3.05) is 46.6 Å². The van der Waals surface area contributed by atoms with Crippen LogP contribution in [0.3, 0.4) is 0 Å². The molecule has 0 saturated carbocycles. The van der Waals surface area contributed by atoms with Crippen molar-refractivity contribution >= 4 is 17.7 Å². The van der Waals surface area contributed by atoms with Crippen molar-refractivity contribution in [1.82, 2.24) is 16.0 Å². The molecule has 9 heteroatoms. The second-order valence-electron chi connectivity index (χ2n) is 5.81. The van der Waals surface area contributed by atoms with Crippen molar-refractivity contribution in [2.24, 2.45) is 5.73 Å². The van der Waals surface area contributed by atoms with E-state index in [2.05, 4.69) is 21.9 Å². The third-order valence-electron chi connectivity index (χ3n) is 3.60. The van der Waals surface area contributed by atoms with Gasteiger partial charge in [-0.1, -0.05) is 0 Å². The van der Waals surface area contributed by atoms with Gasteiger partial charge in [0, 0.05) is 25.9 Å². The van der Waals surface area contributed by atoms with E-state index >= 15 is 0 Å². The Morgan fingerprint density at radius 1 is 1.04 bits per heavy atom. The predicted octanol–water partition coefficient (Wildman–Crippen LogP) is -1.09. The number of nitrogens with two attached hydrogens (primary N) is 1. The lowest BCUT2D eigenvalue weighted by molar-refractivity contribution is -0.126. The Morgan fingerprint density at radius 3 is 2.41 bits per heavy atom. The number of carbonyl (C=O) groups is 3. The molecule has 154 valence electrons.